The minimum atomic E-state index is -0.630. The minimum absolute atomic E-state index is 0.189. The predicted octanol–water partition coefficient (Wildman–Crippen LogP) is 7.35. The molecule has 0 radical (unpaired) electrons. The second kappa shape index (κ2) is 15.4. The Hall–Kier alpha value is -3.81. The van der Waals surface area contributed by atoms with Gasteiger partial charge in [0.15, 0.2) is 5.78 Å². The first-order valence-corrected chi connectivity index (χ1v) is 14.4. The highest BCUT2D eigenvalue weighted by molar-refractivity contribution is 6.07. The lowest BCUT2D eigenvalue weighted by atomic mass is 9.96. The van der Waals surface area contributed by atoms with Crippen molar-refractivity contribution >= 4 is 23.8 Å². The number of methoxy groups -OCH3 is 1. The number of ketones is 1. The molecule has 0 unspecified atom stereocenters. The van der Waals surface area contributed by atoms with Crippen molar-refractivity contribution in [1.29, 1.82) is 0 Å². The fourth-order valence-electron chi connectivity index (χ4n) is 3.97. The molecule has 8 nitrogen and oxygen atoms in total. The minimum Gasteiger partial charge on any atom is -0.496 e. The molecule has 2 aromatic rings. The van der Waals surface area contributed by atoms with Crippen molar-refractivity contribution in [2.45, 2.75) is 81.1 Å². The van der Waals surface area contributed by atoms with Crippen LogP contribution in [0.1, 0.15) is 95.3 Å². The number of ether oxygens (including phenoxy) is 5. The van der Waals surface area contributed by atoms with Crippen LogP contribution in [0.25, 0.3) is 6.08 Å². The van der Waals surface area contributed by atoms with E-state index in [2.05, 4.69) is 13.8 Å². The third kappa shape index (κ3) is 9.93. The number of carbonyl (C=O) groups excluding carboxylic acids is 3. The van der Waals surface area contributed by atoms with Gasteiger partial charge in [-0.3, -0.25) is 14.4 Å². The summed E-state index contributed by atoms with van der Waals surface area (Å²) in [4.78, 5) is 37.1. The van der Waals surface area contributed by atoms with Crippen molar-refractivity contribution in [3.63, 3.8) is 0 Å². The summed E-state index contributed by atoms with van der Waals surface area (Å²) in [5.41, 5.74) is 1.82. The number of hydrogen-bond donors (Lipinski definition) is 0. The average Bonchev–Trinajstić information content (AvgIpc) is 2.92. The third-order valence-corrected chi connectivity index (χ3v) is 6.24. The summed E-state index contributed by atoms with van der Waals surface area (Å²) in [5.74, 6) is 0.867. The molecule has 0 heterocycles. The highest BCUT2D eigenvalue weighted by atomic mass is 16.7. The van der Waals surface area contributed by atoms with Gasteiger partial charge >= 0.3 is 11.9 Å². The predicted molar refractivity (Wildman–Crippen MR) is 163 cm³/mol. The lowest BCUT2D eigenvalue weighted by Crippen LogP contribution is -2.25. The smallest absolute Gasteiger partial charge is 0.314 e. The van der Waals surface area contributed by atoms with E-state index in [9.17, 15) is 14.4 Å². The van der Waals surface area contributed by atoms with E-state index in [1.165, 1.54) is 6.08 Å². The van der Waals surface area contributed by atoms with Gasteiger partial charge in [0, 0.05) is 16.7 Å². The molecule has 0 aliphatic carbocycles. The van der Waals surface area contributed by atoms with Gasteiger partial charge in [-0.25, -0.2) is 0 Å². The van der Waals surface area contributed by atoms with Crippen molar-refractivity contribution < 1.29 is 38.1 Å². The van der Waals surface area contributed by atoms with E-state index in [1.54, 1.807) is 79.0 Å². The molecule has 0 saturated heterocycles. The fourth-order valence-corrected chi connectivity index (χ4v) is 3.97. The third-order valence-electron chi connectivity index (χ3n) is 6.24. The molecule has 42 heavy (non-hydrogen) atoms. The number of hydrogen-bond acceptors (Lipinski definition) is 8. The number of benzene rings is 2. The number of aryl methyl sites for hydroxylation is 1. The average molecular weight is 583 g/mol. The molecule has 0 aliphatic heterocycles. The first kappa shape index (κ1) is 34.4. The molecule has 2 aromatic carbocycles. The molecule has 0 amide bonds. The van der Waals surface area contributed by atoms with E-state index in [1.807, 2.05) is 6.07 Å². The molecule has 0 atom stereocenters. The van der Waals surface area contributed by atoms with E-state index in [0.717, 1.165) is 36.0 Å². The van der Waals surface area contributed by atoms with Gasteiger partial charge in [-0.2, -0.15) is 0 Å². The standard InChI is InChI=1S/C34H46O8/c1-10-12-24-20-25(29(38-9)27(13-11-2)30(24)40-22-42-32(37)34(6,7)8)16-19-28(35)23-14-17-26(18-15-23)39-21-41-31(36)33(3,4)5/h14-20H,10-13,21-22H2,1-9H3/b19-16+. The quantitative estimate of drug-likeness (QED) is 0.0987. The second-order valence-corrected chi connectivity index (χ2v) is 12.1. The van der Waals surface area contributed by atoms with Gasteiger partial charge in [-0.15, -0.1) is 0 Å². The molecule has 0 saturated carbocycles. The maximum Gasteiger partial charge on any atom is 0.314 e. The van der Waals surface area contributed by atoms with Gasteiger partial charge in [-0.1, -0.05) is 26.7 Å². The van der Waals surface area contributed by atoms with Crippen LogP contribution in [0.5, 0.6) is 17.2 Å². The summed E-state index contributed by atoms with van der Waals surface area (Å²) < 4.78 is 27.8. The normalized spacial score (nSPS) is 11.7. The van der Waals surface area contributed by atoms with Crippen LogP contribution >= 0.6 is 0 Å². The number of allylic oxidation sites excluding steroid dienone is 1. The molecule has 0 fully saturated rings. The molecule has 2 rings (SSSR count). The zero-order valence-corrected chi connectivity index (χ0v) is 26.6. The van der Waals surface area contributed by atoms with E-state index >= 15 is 0 Å². The van der Waals surface area contributed by atoms with Gasteiger partial charge in [-0.05, 0) is 102 Å². The monoisotopic (exact) mass is 582 g/mol. The zero-order chi connectivity index (χ0) is 31.5. The van der Waals surface area contributed by atoms with Crippen LogP contribution < -0.4 is 14.2 Å². The molecule has 8 heteroatoms. The first-order valence-electron chi connectivity index (χ1n) is 14.4. The first-order chi connectivity index (χ1) is 19.7. The summed E-state index contributed by atoms with van der Waals surface area (Å²) in [6, 6.07) is 8.59. The van der Waals surface area contributed by atoms with Crippen LogP contribution in [-0.4, -0.2) is 38.4 Å². The van der Waals surface area contributed by atoms with Crippen LogP contribution in [0.4, 0.5) is 0 Å². The van der Waals surface area contributed by atoms with E-state index < -0.39 is 10.8 Å². The van der Waals surface area contributed by atoms with Gasteiger partial charge in [0.2, 0.25) is 13.6 Å². The highest BCUT2D eigenvalue weighted by Crippen LogP contribution is 2.38. The Kier molecular flexibility index (Phi) is 12.6. The van der Waals surface area contributed by atoms with E-state index in [-0.39, 0.29) is 31.3 Å². The maximum atomic E-state index is 13.0. The number of rotatable bonds is 14. The summed E-state index contributed by atoms with van der Waals surface area (Å²) in [7, 11) is 1.59. The molecule has 0 aliphatic rings. The molecule has 230 valence electrons. The second-order valence-electron chi connectivity index (χ2n) is 12.1. The Labute approximate surface area is 250 Å². The highest BCUT2D eigenvalue weighted by Gasteiger charge is 2.25. The lowest BCUT2D eigenvalue weighted by molar-refractivity contribution is -0.160. The Morgan fingerprint density at radius 2 is 1.31 bits per heavy atom. The SMILES string of the molecule is CCCc1cc(/C=C/C(=O)c2ccc(OCOC(=O)C(C)(C)C)cc2)c(OC)c(CCC)c1OCOC(=O)C(C)(C)C. The van der Waals surface area contributed by atoms with Crippen LogP contribution in [0, 0.1) is 10.8 Å². The molecule has 0 spiro atoms. The Morgan fingerprint density at radius 3 is 1.81 bits per heavy atom. The zero-order valence-electron chi connectivity index (χ0n) is 26.6. The molecule has 0 N–H and O–H groups in total. The van der Waals surface area contributed by atoms with Crippen molar-refractivity contribution in [2.24, 2.45) is 10.8 Å². The molecule has 0 bridgehead atoms. The number of esters is 2. The number of carbonyl (C=O) groups is 3. The summed E-state index contributed by atoms with van der Waals surface area (Å²) >= 11 is 0. The van der Waals surface area contributed by atoms with Crippen molar-refractivity contribution in [1.82, 2.24) is 0 Å². The van der Waals surface area contributed by atoms with Crippen LogP contribution in [-0.2, 0) is 31.9 Å². The Bertz CT molecular complexity index is 1240. The van der Waals surface area contributed by atoms with E-state index in [4.69, 9.17) is 23.7 Å². The van der Waals surface area contributed by atoms with E-state index in [0.29, 0.717) is 29.2 Å². The summed E-state index contributed by atoms with van der Waals surface area (Å²) in [5, 5.41) is 0. The van der Waals surface area contributed by atoms with Crippen LogP contribution in [0.2, 0.25) is 0 Å². The lowest BCUT2D eigenvalue weighted by Gasteiger charge is -2.22. The van der Waals surface area contributed by atoms with Crippen molar-refractivity contribution in [3.05, 3.63) is 58.7 Å². The van der Waals surface area contributed by atoms with Gasteiger partial charge < -0.3 is 23.7 Å². The van der Waals surface area contributed by atoms with Crippen LogP contribution in [0.3, 0.4) is 0 Å². The molecule has 0 aromatic heterocycles. The van der Waals surface area contributed by atoms with Crippen molar-refractivity contribution in [2.75, 3.05) is 20.7 Å². The van der Waals surface area contributed by atoms with Crippen LogP contribution in [0.15, 0.2) is 36.4 Å². The fraction of sp³-hybridized carbons (Fsp3) is 0.500. The van der Waals surface area contributed by atoms with Gasteiger partial charge in [0.1, 0.15) is 17.2 Å². The van der Waals surface area contributed by atoms with Crippen molar-refractivity contribution in [3.8, 4) is 17.2 Å². The summed E-state index contributed by atoms with van der Waals surface area (Å²) in [6.45, 7) is 14.4. The largest absolute Gasteiger partial charge is 0.496 e. The topological polar surface area (TPSA) is 97.4 Å². The van der Waals surface area contributed by atoms with Gasteiger partial charge in [0.05, 0.1) is 17.9 Å². The van der Waals surface area contributed by atoms with Gasteiger partial charge in [0.25, 0.3) is 0 Å². The molecular weight excluding hydrogens is 536 g/mol. The maximum absolute atomic E-state index is 13.0. The molecular formula is C34H46O8. The Morgan fingerprint density at radius 1 is 0.762 bits per heavy atom. The summed E-state index contributed by atoms with van der Waals surface area (Å²) in [6.07, 6.45) is 6.41. The Balaban J connectivity index is 2.25.